The molecule has 1 atom stereocenters. The Kier molecular flexibility index (Phi) is 3.88. The van der Waals surface area contributed by atoms with Crippen molar-refractivity contribution in [1.29, 1.82) is 0 Å². The number of aromatic amines is 1. The largest absolute Gasteiger partial charge is 0.351 e. The molecule has 2 fully saturated rings. The van der Waals surface area contributed by atoms with Gasteiger partial charge in [-0.2, -0.15) is 5.21 Å². The quantitative estimate of drug-likeness (QED) is 0.879. The number of benzene rings is 1. The van der Waals surface area contributed by atoms with Crippen molar-refractivity contribution in [2.45, 2.75) is 37.1 Å². The zero-order chi connectivity index (χ0) is 16.6. The number of rotatable bonds is 4. The molecule has 4 rings (SSSR count). The lowest BCUT2D eigenvalue weighted by Crippen LogP contribution is -2.50. The van der Waals surface area contributed by atoms with E-state index < -0.39 is 0 Å². The number of carbonyl (C=O) groups excluding carboxylic acids is 1. The fourth-order valence-electron chi connectivity index (χ4n) is 3.43. The summed E-state index contributed by atoms with van der Waals surface area (Å²) in [6.07, 6.45) is 3.74. The molecule has 2 aromatic rings. The predicted octanol–water partition coefficient (Wildman–Crippen LogP) is 1.67. The highest BCUT2D eigenvalue weighted by atomic mass is 35.5. The van der Waals surface area contributed by atoms with Crippen molar-refractivity contribution in [1.82, 2.24) is 25.9 Å². The number of anilines is 1. The molecule has 0 radical (unpaired) electrons. The maximum absolute atomic E-state index is 12.9. The number of hydrogen-bond acceptors (Lipinski definition) is 5. The molecule has 0 unspecified atom stereocenters. The van der Waals surface area contributed by atoms with Gasteiger partial charge in [0.05, 0.1) is 5.41 Å². The van der Waals surface area contributed by atoms with E-state index in [1.165, 1.54) is 0 Å². The summed E-state index contributed by atoms with van der Waals surface area (Å²) in [6, 6.07) is 7.73. The van der Waals surface area contributed by atoms with Crippen molar-refractivity contribution in [3.05, 3.63) is 34.9 Å². The number of hydrogen-bond donors (Lipinski definition) is 2. The second-order valence-electron chi connectivity index (χ2n) is 6.56. The van der Waals surface area contributed by atoms with Gasteiger partial charge in [0.2, 0.25) is 5.91 Å². The Hall–Kier alpha value is -2.15. The van der Waals surface area contributed by atoms with Crippen LogP contribution in [0, 0.1) is 0 Å². The Morgan fingerprint density at radius 2 is 2.12 bits per heavy atom. The molecule has 0 bridgehead atoms. The Morgan fingerprint density at radius 3 is 2.79 bits per heavy atom. The minimum atomic E-state index is -0.376. The zero-order valence-corrected chi connectivity index (χ0v) is 14.0. The van der Waals surface area contributed by atoms with Crippen LogP contribution in [-0.2, 0) is 10.2 Å². The van der Waals surface area contributed by atoms with Gasteiger partial charge < -0.3 is 10.2 Å². The van der Waals surface area contributed by atoms with Crippen LogP contribution in [0.25, 0.3) is 0 Å². The van der Waals surface area contributed by atoms with Crippen molar-refractivity contribution in [3.8, 4) is 0 Å². The Labute approximate surface area is 144 Å². The highest BCUT2D eigenvalue weighted by Crippen LogP contribution is 2.48. The molecule has 2 aliphatic rings. The number of tetrazole rings is 1. The SMILES string of the molecule is O=C(N[C@@H]1CCCN(c2nn[nH]n2)C1)C1(c2ccc(Cl)cc2)CC1. The van der Waals surface area contributed by atoms with Crippen molar-refractivity contribution in [2.24, 2.45) is 0 Å². The van der Waals surface area contributed by atoms with Crippen LogP contribution in [0.4, 0.5) is 5.95 Å². The summed E-state index contributed by atoms with van der Waals surface area (Å²) in [5.41, 5.74) is 0.675. The van der Waals surface area contributed by atoms with Crippen molar-refractivity contribution >= 4 is 23.5 Å². The summed E-state index contributed by atoms with van der Waals surface area (Å²) in [5, 5.41) is 18.0. The number of amides is 1. The molecule has 1 aromatic heterocycles. The summed E-state index contributed by atoms with van der Waals surface area (Å²) in [6.45, 7) is 1.59. The minimum Gasteiger partial charge on any atom is -0.351 e. The van der Waals surface area contributed by atoms with E-state index in [4.69, 9.17) is 11.6 Å². The standard InChI is InChI=1S/C16H19ClN6O/c17-12-5-3-11(4-6-12)16(7-8-16)14(24)18-13-2-1-9-23(10-13)15-19-21-22-20-15/h3-6,13H,1-2,7-10H2,(H,18,24)(H,19,20,21,22)/t13-/m1/s1. The first kappa shape index (κ1) is 15.4. The second kappa shape index (κ2) is 6.05. The molecule has 7 nitrogen and oxygen atoms in total. The first-order valence-corrected chi connectivity index (χ1v) is 8.61. The Morgan fingerprint density at radius 1 is 1.33 bits per heavy atom. The van der Waals surface area contributed by atoms with Gasteiger partial charge in [0.15, 0.2) is 0 Å². The van der Waals surface area contributed by atoms with E-state index in [1.807, 2.05) is 24.3 Å². The van der Waals surface area contributed by atoms with Crippen molar-refractivity contribution in [3.63, 3.8) is 0 Å². The number of nitrogens with one attached hydrogen (secondary N) is 2. The summed E-state index contributed by atoms with van der Waals surface area (Å²) in [7, 11) is 0. The van der Waals surface area contributed by atoms with E-state index in [0.717, 1.165) is 37.8 Å². The Balaban J connectivity index is 1.43. The number of aromatic nitrogens is 4. The predicted molar refractivity (Wildman–Crippen MR) is 89.9 cm³/mol. The molecular formula is C16H19ClN6O. The van der Waals surface area contributed by atoms with Gasteiger partial charge >= 0.3 is 0 Å². The van der Waals surface area contributed by atoms with Crippen LogP contribution < -0.4 is 10.2 Å². The van der Waals surface area contributed by atoms with Crippen LogP contribution in [-0.4, -0.2) is 45.7 Å². The van der Waals surface area contributed by atoms with Gasteiger partial charge in [-0.3, -0.25) is 4.79 Å². The summed E-state index contributed by atoms with van der Waals surface area (Å²) < 4.78 is 0. The van der Waals surface area contributed by atoms with Crippen LogP contribution in [0.2, 0.25) is 5.02 Å². The number of nitrogens with zero attached hydrogens (tertiary/aromatic N) is 4. The van der Waals surface area contributed by atoms with E-state index in [0.29, 0.717) is 17.5 Å². The van der Waals surface area contributed by atoms with Crippen LogP contribution in [0.15, 0.2) is 24.3 Å². The van der Waals surface area contributed by atoms with E-state index >= 15 is 0 Å². The molecule has 24 heavy (non-hydrogen) atoms. The average Bonchev–Trinajstić information content (AvgIpc) is 3.22. The average molecular weight is 347 g/mol. The first-order chi connectivity index (χ1) is 11.7. The summed E-state index contributed by atoms with van der Waals surface area (Å²) >= 11 is 5.96. The molecule has 1 aliphatic carbocycles. The maximum atomic E-state index is 12.9. The fourth-order valence-corrected chi connectivity index (χ4v) is 3.56. The molecule has 1 saturated heterocycles. The smallest absolute Gasteiger partial charge is 0.265 e. The number of carbonyl (C=O) groups is 1. The van der Waals surface area contributed by atoms with E-state index in [-0.39, 0.29) is 17.4 Å². The third-order valence-corrected chi connectivity index (χ3v) is 5.21. The van der Waals surface area contributed by atoms with Gasteiger partial charge in [0, 0.05) is 24.2 Å². The van der Waals surface area contributed by atoms with Gasteiger partial charge in [-0.1, -0.05) is 28.8 Å². The lowest BCUT2D eigenvalue weighted by molar-refractivity contribution is -0.124. The monoisotopic (exact) mass is 346 g/mol. The molecule has 2 N–H and O–H groups in total. The molecule has 1 amide bonds. The lowest BCUT2D eigenvalue weighted by Gasteiger charge is -2.33. The van der Waals surface area contributed by atoms with Crippen LogP contribution in [0.3, 0.4) is 0 Å². The third kappa shape index (κ3) is 2.84. The van der Waals surface area contributed by atoms with Gasteiger partial charge in [-0.05, 0) is 48.6 Å². The molecule has 2 heterocycles. The molecule has 8 heteroatoms. The van der Waals surface area contributed by atoms with Crippen molar-refractivity contribution < 1.29 is 4.79 Å². The van der Waals surface area contributed by atoms with E-state index in [9.17, 15) is 4.79 Å². The summed E-state index contributed by atoms with van der Waals surface area (Å²) in [5.74, 6) is 0.706. The van der Waals surface area contributed by atoms with Crippen LogP contribution in [0.5, 0.6) is 0 Å². The van der Waals surface area contributed by atoms with Crippen LogP contribution in [0.1, 0.15) is 31.2 Å². The number of piperidine rings is 1. The number of halogens is 1. The molecule has 1 saturated carbocycles. The second-order valence-corrected chi connectivity index (χ2v) is 7.00. The third-order valence-electron chi connectivity index (χ3n) is 4.96. The van der Waals surface area contributed by atoms with Gasteiger partial charge in [0.1, 0.15) is 0 Å². The highest BCUT2D eigenvalue weighted by Gasteiger charge is 2.51. The fraction of sp³-hybridized carbons (Fsp3) is 0.500. The van der Waals surface area contributed by atoms with Crippen LogP contribution >= 0.6 is 11.6 Å². The minimum absolute atomic E-state index is 0.106. The lowest BCUT2D eigenvalue weighted by atomic mass is 9.94. The molecule has 126 valence electrons. The van der Waals surface area contributed by atoms with Gasteiger partial charge in [-0.15, -0.1) is 5.10 Å². The molecule has 1 aliphatic heterocycles. The highest BCUT2D eigenvalue weighted by molar-refractivity contribution is 6.30. The molecular weight excluding hydrogens is 328 g/mol. The molecule has 0 spiro atoms. The maximum Gasteiger partial charge on any atom is 0.265 e. The van der Waals surface area contributed by atoms with E-state index in [1.54, 1.807) is 0 Å². The normalized spacial score (nSPS) is 22.2. The van der Waals surface area contributed by atoms with Gasteiger partial charge in [0.25, 0.3) is 5.95 Å². The van der Waals surface area contributed by atoms with E-state index in [2.05, 4.69) is 30.8 Å². The molecule has 1 aromatic carbocycles. The topological polar surface area (TPSA) is 86.8 Å². The number of H-pyrrole nitrogens is 1. The first-order valence-electron chi connectivity index (χ1n) is 8.23. The zero-order valence-electron chi connectivity index (χ0n) is 13.2. The van der Waals surface area contributed by atoms with Gasteiger partial charge in [-0.25, -0.2) is 0 Å². The van der Waals surface area contributed by atoms with Crippen molar-refractivity contribution in [2.75, 3.05) is 18.0 Å². The summed E-state index contributed by atoms with van der Waals surface area (Å²) in [4.78, 5) is 14.9. The Bertz CT molecular complexity index is 713.